The second kappa shape index (κ2) is 6.26. The molecule has 2 aromatic carbocycles. The highest BCUT2D eigenvalue weighted by atomic mass is 79.9. The molecule has 110 valence electrons. The van der Waals surface area contributed by atoms with E-state index in [1.807, 2.05) is 0 Å². The third-order valence-corrected chi connectivity index (χ3v) is 4.19. The Bertz CT molecular complexity index is 675. The Kier molecular flexibility index (Phi) is 4.63. The number of carbonyl (C=O) groups excluding carboxylic acids is 1. The fourth-order valence-electron chi connectivity index (χ4n) is 2.06. The van der Waals surface area contributed by atoms with Crippen LogP contribution in [0.25, 0.3) is 0 Å². The number of halogens is 2. The van der Waals surface area contributed by atoms with Gasteiger partial charge in [0.2, 0.25) is 0 Å². The van der Waals surface area contributed by atoms with E-state index in [1.165, 1.54) is 11.0 Å². The van der Waals surface area contributed by atoms with Crippen molar-refractivity contribution in [1.82, 2.24) is 4.90 Å². The quantitative estimate of drug-likeness (QED) is 0.850. The van der Waals surface area contributed by atoms with Crippen molar-refractivity contribution < 1.29 is 9.18 Å². The largest absolute Gasteiger partial charge is 0.398 e. The highest BCUT2D eigenvalue weighted by Crippen LogP contribution is 2.25. The van der Waals surface area contributed by atoms with Gasteiger partial charge in [-0.2, -0.15) is 0 Å². The molecule has 0 bridgehead atoms. The molecule has 1 amide bonds. The van der Waals surface area contributed by atoms with Crippen LogP contribution >= 0.6 is 15.9 Å². The summed E-state index contributed by atoms with van der Waals surface area (Å²) in [5.41, 5.74) is 7.27. The van der Waals surface area contributed by atoms with E-state index in [-0.39, 0.29) is 17.8 Å². The molecule has 0 saturated carbocycles. The number of nitrogens with two attached hydrogens (primary N) is 1. The maximum atomic E-state index is 13.8. The number of amides is 1. The van der Waals surface area contributed by atoms with E-state index in [1.54, 1.807) is 50.4 Å². The van der Waals surface area contributed by atoms with E-state index in [0.29, 0.717) is 21.3 Å². The minimum absolute atomic E-state index is 0.188. The van der Waals surface area contributed by atoms with Crippen molar-refractivity contribution >= 4 is 27.5 Å². The first-order valence-electron chi connectivity index (χ1n) is 6.48. The van der Waals surface area contributed by atoms with Gasteiger partial charge in [0.1, 0.15) is 5.82 Å². The summed E-state index contributed by atoms with van der Waals surface area (Å²) in [6, 6.07) is 11.1. The van der Waals surface area contributed by atoms with Crippen LogP contribution in [0.4, 0.5) is 10.1 Å². The first kappa shape index (κ1) is 15.5. The SMILES string of the molecule is CC(c1ccccc1F)N(C)C(=O)c1ccc(N)c(Br)c1. The van der Waals surface area contributed by atoms with Gasteiger partial charge in [0, 0.05) is 28.3 Å². The molecule has 1 unspecified atom stereocenters. The number of nitrogens with zero attached hydrogens (tertiary/aromatic N) is 1. The van der Waals surface area contributed by atoms with Gasteiger partial charge in [-0.3, -0.25) is 4.79 Å². The number of benzene rings is 2. The molecule has 5 heteroatoms. The molecule has 0 spiro atoms. The molecular weight excluding hydrogens is 335 g/mol. The highest BCUT2D eigenvalue weighted by molar-refractivity contribution is 9.10. The number of hydrogen-bond donors (Lipinski definition) is 1. The maximum Gasteiger partial charge on any atom is 0.254 e. The van der Waals surface area contributed by atoms with Crippen LogP contribution in [0.15, 0.2) is 46.9 Å². The van der Waals surface area contributed by atoms with E-state index >= 15 is 0 Å². The second-order valence-corrected chi connectivity index (χ2v) is 5.70. The van der Waals surface area contributed by atoms with Gasteiger partial charge in [-0.1, -0.05) is 18.2 Å². The Morgan fingerprint density at radius 2 is 1.95 bits per heavy atom. The fraction of sp³-hybridized carbons (Fsp3) is 0.188. The first-order chi connectivity index (χ1) is 9.91. The van der Waals surface area contributed by atoms with Gasteiger partial charge >= 0.3 is 0 Å². The van der Waals surface area contributed by atoms with Crippen LogP contribution in [0.2, 0.25) is 0 Å². The third kappa shape index (κ3) is 3.24. The van der Waals surface area contributed by atoms with Crippen molar-refractivity contribution in [2.24, 2.45) is 0 Å². The van der Waals surface area contributed by atoms with Gasteiger partial charge in [-0.25, -0.2) is 4.39 Å². The predicted molar refractivity (Wildman–Crippen MR) is 85.5 cm³/mol. The lowest BCUT2D eigenvalue weighted by Gasteiger charge is -2.26. The van der Waals surface area contributed by atoms with E-state index in [2.05, 4.69) is 15.9 Å². The molecule has 0 aromatic heterocycles. The van der Waals surface area contributed by atoms with Crippen LogP contribution in [0.5, 0.6) is 0 Å². The standard InChI is InChI=1S/C16H16BrFN2O/c1-10(12-5-3-4-6-14(12)18)20(2)16(21)11-7-8-15(19)13(17)9-11/h3-10H,19H2,1-2H3. The molecule has 0 fully saturated rings. The number of anilines is 1. The molecule has 2 aromatic rings. The number of hydrogen-bond acceptors (Lipinski definition) is 2. The van der Waals surface area contributed by atoms with Crippen LogP contribution in [-0.4, -0.2) is 17.9 Å². The summed E-state index contributed by atoms with van der Waals surface area (Å²) in [7, 11) is 1.66. The number of rotatable bonds is 3. The van der Waals surface area contributed by atoms with Crippen molar-refractivity contribution in [3.63, 3.8) is 0 Å². The van der Waals surface area contributed by atoms with Gasteiger partial charge in [-0.05, 0) is 47.1 Å². The minimum atomic E-state index is -0.366. The van der Waals surface area contributed by atoms with Crippen LogP contribution < -0.4 is 5.73 Å². The van der Waals surface area contributed by atoms with Gasteiger partial charge in [0.25, 0.3) is 5.91 Å². The van der Waals surface area contributed by atoms with Crippen molar-refractivity contribution in [3.8, 4) is 0 Å². The van der Waals surface area contributed by atoms with Gasteiger partial charge in [0.05, 0.1) is 6.04 Å². The predicted octanol–water partition coefficient (Wildman–Crippen LogP) is 4.00. The zero-order valence-electron chi connectivity index (χ0n) is 11.8. The Hall–Kier alpha value is -1.88. The smallest absolute Gasteiger partial charge is 0.254 e. The molecule has 3 nitrogen and oxygen atoms in total. The first-order valence-corrected chi connectivity index (χ1v) is 7.27. The van der Waals surface area contributed by atoms with Crippen molar-refractivity contribution in [2.75, 3.05) is 12.8 Å². The summed E-state index contributed by atoms with van der Waals surface area (Å²) in [6.45, 7) is 1.79. The van der Waals surface area contributed by atoms with Crippen LogP contribution in [0, 0.1) is 5.82 Å². The Labute approximate surface area is 131 Å². The molecule has 0 heterocycles. The van der Waals surface area contributed by atoms with Crippen molar-refractivity contribution in [3.05, 3.63) is 63.9 Å². The molecule has 0 aliphatic carbocycles. The molecular formula is C16H16BrFN2O. The van der Waals surface area contributed by atoms with E-state index in [4.69, 9.17) is 5.73 Å². The monoisotopic (exact) mass is 350 g/mol. The highest BCUT2D eigenvalue weighted by Gasteiger charge is 2.21. The van der Waals surface area contributed by atoms with Gasteiger partial charge < -0.3 is 10.6 Å². The average molecular weight is 351 g/mol. The fourth-order valence-corrected chi connectivity index (χ4v) is 2.44. The number of nitrogen functional groups attached to an aromatic ring is 1. The molecule has 0 radical (unpaired) electrons. The molecule has 21 heavy (non-hydrogen) atoms. The van der Waals surface area contributed by atoms with Crippen LogP contribution in [0.1, 0.15) is 28.9 Å². The summed E-state index contributed by atoms with van der Waals surface area (Å²) < 4.78 is 14.5. The van der Waals surface area contributed by atoms with Crippen LogP contribution in [-0.2, 0) is 0 Å². The maximum absolute atomic E-state index is 13.8. The summed E-state index contributed by atoms with van der Waals surface area (Å²) >= 11 is 3.30. The summed E-state index contributed by atoms with van der Waals surface area (Å²) in [6.07, 6.45) is 0. The van der Waals surface area contributed by atoms with E-state index in [9.17, 15) is 9.18 Å². The molecule has 2 N–H and O–H groups in total. The lowest BCUT2D eigenvalue weighted by Crippen LogP contribution is -2.30. The van der Waals surface area contributed by atoms with E-state index in [0.717, 1.165) is 0 Å². The second-order valence-electron chi connectivity index (χ2n) is 4.85. The lowest BCUT2D eigenvalue weighted by molar-refractivity contribution is 0.0740. The Morgan fingerprint density at radius 1 is 1.29 bits per heavy atom. The molecule has 0 saturated heterocycles. The topological polar surface area (TPSA) is 46.3 Å². The summed E-state index contributed by atoms with van der Waals surface area (Å²) in [5, 5.41) is 0. The third-order valence-electron chi connectivity index (χ3n) is 3.50. The normalized spacial score (nSPS) is 12.0. The summed E-state index contributed by atoms with van der Waals surface area (Å²) in [4.78, 5) is 14.0. The molecule has 0 aliphatic heterocycles. The van der Waals surface area contributed by atoms with Gasteiger partial charge in [0.15, 0.2) is 0 Å². The van der Waals surface area contributed by atoms with Crippen molar-refractivity contribution in [2.45, 2.75) is 13.0 Å². The molecule has 2 rings (SSSR count). The lowest BCUT2D eigenvalue weighted by atomic mass is 10.1. The average Bonchev–Trinajstić information content (AvgIpc) is 2.48. The zero-order chi connectivity index (χ0) is 15.6. The summed E-state index contributed by atoms with van der Waals surface area (Å²) in [5.74, 6) is -0.505. The minimum Gasteiger partial charge on any atom is -0.398 e. The molecule has 0 aliphatic rings. The number of carbonyl (C=O) groups is 1. The Morgan fingerprint density at radius 3 is 2.57 bits per heavy atom. The Balaban J connectivity index is 2.26. The van der Waals surface area contributed by atoms with Crippen molar-refractivity contribution in [1.29, 1.82) is 0 Å². The zero-order valence-corrected chi connectivity index (χ0v) is 13.4. The van der Waals surface area contributed by atoms with Crippen LogP contribution in [0.3, 0.4) is 0 Å². The van der Waals surface area contributed by atoms with Gasteiger partial charge in [-0.15, -0.1) is 0 Å². The van der Waals surface area contributed by atoms with E-state index < -0.39 is 0 Å². The molecule has 1 atom stereocenters.